The molecule has 1 heterocycles. The van der Waals surface area contributed by atoms with Crippen molar-refractivity contribution < 1.29 is 23.1 Å². The van der Waals surface area contributed by atoms with Crippen LogP contribution in [0.3, 0.4) is 0 Å². The second-order valence-electron chi connectivity index (χ2n) is 2.35. The van der Waals surface area contributed by atoms with Gasteiger partial charge in [-0.15, -0.1) is 0 Å². The molecule has 1 aromatic heterocycles. The van der Waals surface area contributed by atoms with Crippen LogP contribution in [0, 0.1) is 0 Å². The highest BCUT2D eigenvalue weighted by Crippen LogP contribution is 2.35. The Labute approximate surface area is 84.7 Å². The van der Waals surface area contributed by atoms with Crippen molar-refractivity contribution in [3.05, 3.63) is 28.0 Å². The third-order valence-electron chi connectivity index (χ3n) is 1.42. The number of aromatic nitrogens is 1. The molecule has 0 spiro atoms. The van der Waals surface area contributed by atoms with Gasteiger partial charge in [0.15, 0.2) is 0 Å². The van der Waals surface area contributed by atoms with Gasteiger partial charge in [0, 0.05) is 16.9 Å². The number of halogens is 4. The number of carbonyl (C=O) groups is 1. The molecule has 1 N–H and O–H groups in total. The molecular formula is C7H3BrF3NO2. The fraction of sp³-hybridized carbons (Fsp3) is 0.143. The average molecular weight is 270 g/mol. The van der Waals surface area contributed by atoms with Crippen LogP contribution < -0.4 is 0 Å². The molecule has 1 aromatic rings. The number of alkyl halides is 3. The van der Waals surface area contributed by atoms with E-state index in [2.05, 4.69) is 20.9 Å². The lowest BCUT2D eigenvalue weighted by atomic mass is 10.2. The van der Waals surface area contributed by atoms with Crippen molar-refractivity contribution in [2.24, 2.45) is 0 Å². The Kier molecular flexibility index (Phi) is 2.79. The number of aromatic carboxylic acids is 1. The highest BCUT2D eigenvalue weighted by Gasteiger charge is 2.35. The second kappa shape index (κ2) is 3.56. The van der Waals surface area contributed by atoms with Gasteiger partial charge in [0.2, 0.25) is 0 Å². The van der Waals surface area contributed by atoms with Crippen molar-refractivity contribution in [2.45, 2.75) is 6.18 Å². The summed E-state index contributed by atoms with van der Waals surface area (Å²) < 4.78 is 36.2. The third-order valence-corrected chi connectivity index (χ3v) is 2.27. The molecule has 76 valence electrons. The lowest BCUT2D eigenvalue weighted by Gasteiger charge is -2.09. The summed E-state index contributed by atoms with van der Waals surface area (Å²) in [5.74, 6) is -1.46. The molecule has 3 nitrogen and oxygen atoms in total. The summed E-state index contributed by atoms with van der Waals surface area (Å²) >= 11 is 2.58. The van der Waals surface area contributed by atoms with Crippen molar-refractivity contribution >= 4 is 21.9 Å². The van der Waals surface area contributed by atoms with Gasteiger partial charge in [-0.1, -0.05) is 0 Å². The third kappa shape index (κ3) is 2.03. The van der Waals surface area contributed by atoms with E-state index in [0.29, 0.717) is 6.20 Å². The first kappa shape index (κ1) is 11.0. The summed E-state index contributed by atoms with van der Waals surface area (Å²) in [6.07, 6.45) is -3.20. The molecule has 0 aliphatic rings. The Morgan fingerprint density at radius 3 is 2.43 bits per heavy atom. The Hall–Kier alpha value is -1.11. The fourth-order valence-electron chi connectivity index (χ4n) is 0.792. The maximum atomic E-state index is 12.2. The van der Waals surface area contributed by atoms with Gasteiger partial charge in [-0.3, -0.25) is 4.98 Å². The van der Waals surface area contributed by atoms with Crippen LogP contribution in [0.2, 0.25) is 0 Å². The van der Waals surface area contributed by atoms with Crippen molar-refractivity contribution in [1.82, 2.24) is 4.98 Å². The predicted molar refractivity (Wildman–Crippen MR) is 43.9 cm³/mol. The van der Waals surface area contributed by atoms with Crippen LogP contribution in [0.4, 0.5) is 13.2 Å². The van der Waals surface area contributed by atoms with Crippen LogP contribution in [0.25, 0.3) is 0 Å². The first-order chi connectivity index (χ1) is 6.34. The Morgan fingerprint density at radius 1 is 1.43 bits per heavy atom. The number of carboxylic acid groups (broad SMARTS) is 1. The van der Waals surface area contributed by atoms with Crippen molar-refractivity contribution in [1.29, 1.82) is 0 Å². The van der Waals surface area contributed by atoms with Crippen molar-refractivity contribution in [2.75, 3.05) is 0 Å². The van der Waals surface area contributed by atoms with Gasteiger partial charge < -0.3 is 5.11 Å². The van der Waals surface area contributed by atoms with E-state index in [0.717, 1.165) is 6.20 Å². The quantitative estimate of drug-likeness (QED) is 0.853. The minimum absolute atomic E-state index is 0.507. The Bertz CT molecular complexity index is 378. The van der Waals surface area contributed by atoms with Gasteiger partial charge in [0.05, 0.1) is 11.1 Å². The summed E-state index contributed by atoms with van der Waals surface area (Å²) in [6.45, 7) is 0. The number of hydrogen-bond acceptors (Lipinski definition) is 2. The van der Waals surface area contributed by atoms with Gasteiger partial charge in [-0.2, -0.15) is 13.2 Å². The highest BCUT2D eigenvalue weighted by atomic mass is 79.9. The molecule has 0 aromatic carbocycles. The zero-order valence-electron chi connectivity index (χ0n) is 6.47. The van der Waals surface area contributed by atoms with Crippen molar-refractivity contribution in [3.63, 3.8) is 0 Å². The molecule has 1 rings (SSSR count). The van der Waals surface area contributed by atoms with Gasteiger partial charge in [-0.05, 0) is 15.9 Å². The second-order valence-corrected chi connectivity index (χ2v) is 3.14. The molecule has 0 radical (unpaired) electrons. The molecule has 0 saturated heterocycles. The first-order valence-electron chi connectivity index (χ1n) is 3.28. The van der Waals surface area contributed by atoms with Crippen LogP contribution in [-0.2, 0) is 6.18 Å². The van der Waals surface area contributed by atoms with Crippen molar-refractivity contribution in [3.8, 4) is 0 Å². The van der Waals surface area contributed by atoms with Crippen LogP contribution in [0.5, 0.6) is 0 Å². The normalized spacial score (nSPS) is 11.4. The molecule has 0 saturated carbocycles. The van der Waals surface area contributed by atoms with Crippen LogP contribution >= 0.6 is 15.9 Å². The van der Waals surface area contributed by atoms with E-state index < -0.39 is 27.7 Å². The Balaban J connectivity index is 3.35. The standard InChI is InChI=1S/C7H3BrF3NO2/c8-5-3(6(13)14)1-12-2-4(5)7(9,10)11/h1-2H,(H,13,14). The van der Waals surface area contributed by atoms with E-state index in [9.17, 15) is 18.0 Å². The van der Waals surface area contributed by atoms with Gasteiger partial charge in [0.25, 0.3) is 0 Å². The molecule has 0 unspecified atom stereocenters. The maximum Gasteiger partial charge on any atom is 0.419 e. The monoisotopic (exact) mass is 269 g/mol. The van der Waals surface area contributed by atoms with Crippen LogP contribution in [-0.4, -0.2) is 16.1 Å². The van der Waals surface area contributed by atoms with Gasteiger partial charge in [0.1, 0.15) is 0 Å². The largest absolute Gasteiger partial charge is 0.478 e. The molecule has 0 bridgehead atoms. The molecule has 7 heteroatoms. The zero-order chi connectivity index (χ0) is 10.9. The maximum absolute atomic E-state index is 12.2. The predicted octanol–water partition coefficient (Wildman–Crippen LogP) is 2.56. The molecular weight excluding hydrogens is 267 g/mol. The van der Waals surface area contributed by atoms with Crippen LogP contribution in [0.15, 0.2) is 16.9 Å². The smallest absolute Gasteiger partial charge is 0.419 e. The molecule has 0 atom stereocenters. The number of hydrogen-bond donors (Lipinski definition) is 1. The fourth-order valence-corrected chi connectivity index (χ4v) is 1.39. The minimum atomic E-state index is -4.61. The lowest BCUT2D eigenvalue weighted by Crippen LogP contribution is -2.10. The molecule has 0 aliphatic heterocycles. The number of pyridine rings is 1. The van der Waals surface area contributed by atoms with E-state index in [1.807, 2.05) is 0 Å². The molecule has 0 amide bonds. The summed E-state index contributed by atoms with van der Waals surface area (Å²) in [5, 5.41) is 8.52. The molecule has 14 heavy (non-hydrogen) atoms. The highest BCUT2D eigenvalue weighted by molar-refractivity contribution is 9.10. The zero-order valence-corrected chi connectivity index (χ0v) is 8.06. The van der Waals surface area contributed by atoms with E-state index in [4.69, 9.17) is 5.11 Å². The van der Waals surface area contributed by atoms with Gasteiger partial charge >= 0.3 is 12.1 Å². The number of nitrogens with zero attached hydrogens (tertiary/aromatic N) is 1. The Morgan fingerprint density at radius 2 is 2.00 bits per heavy atom. The molecule has 0 fully saturated rings. The summed E-state index contributed by atoms with van der Waals surface area (Å²) in [6, 6.07) is 0. The summed E-state index contributed by atoms with van der Waals surface area (Å²) in [7, 11) is 0. The van der Waals surface area contributed by atoms with E-state index in [1.165, 1.54) is 0 Å². The number of rotatable bonds is 1. The van der Waals surface area contributed by atoms with E-state index in [1.54, 1.807) is 0 Å². The lowest BCUT2D eigenvalue weighted by molar-refractivity contribution is -0.138. The SMILES string of the molecule is O=C(O)c1cncc(C(F)(F)F)c1Br. The van der Waals surface area contributed by atoms with E-state index >= 15 is 0 Å². The van der Waals surface area contributed by atoms with Crippen LogP contribution in [0.1, 0.15) is 15.9 Å². The average Bonchev–Trinajstić information content (AvgIpc) is 2.01. The minimum Gasteiger partial charge on any atom is -0.478 e. The van der Waals surface area contributed by atoms with Gasteiger partial charge in [-0.25, -0.2) is 4.79 Å². The summed E-state index contributed by atoms with van der Waals surface area (Å²) in [4.78, 5) is 13.7. The summed E-state index contributed by atoms with van der Waals surface area (Å²) in [5.41, 5.74) is -1.61. The first-order valence-corrected chi connectivity index (χ1v) is 4.07. The topological polar surface area (TPSA) is 50.2 Å². The number of carboxylic acids is 1. The molecule has 0 aliphatic carbocycles. The van der Waals surface area contributed by atoms with E-state index in [-0.39, 0.29) is 0 Å².